The first-order chi connectivity index (χ1) is 26.3. The Morgan fingerprint density at radius 2 is 0.642 bits per heavy atom. The summed E-state index contributed by atoms with van der Waals surface area (Å²) in [7, 11) is 0. The smallest absolute Gasteiger partial charge is 0.0467 e. The molecule has 0 amide bonds. The molecule has 0 N–H and O–H groups in total. The molecule has 0 aliphatic rings. The van der Waals surface area contributed by atoms with Crippen LogP contribution in [0.2, 0.25) is 0 Å². The average Bonchev–Trinajstić information content (AvgIpc) is 3.25. The second-order valence-corrected chi connectivity index (χ2v) is 13.4. The van der Waals surface area contributed by atoms with Gasteiger partial charge in [0.05, 0.1) is 0 Å². The summed E-state index contributed by atoms with van der Waals surface area (Å²) in [6, 6.07) is 80.8. The SMILES string of the molecule is c1ccc(-c2ccc(N(c3ccc(-c4ccc(-c5ccccc5)c(-c5ccccc5)c4)cc3)c3cccc(-c4ccc5ccccc5c4)c3)cc2)cc1. The summed E-state index contributed by atoms with van der Waals surface area (Å²) in [5.41, 5.74) is 15.3. The minimum Gasteiger partial charge on any atom is -0.310 e. The highest BCUT2D eigenvalue weighted by atomic mass is 15.1. The van der Waals surface area contributed by atoms with Crippen molar-refractivity contribution in [2.24, 2.45) is 0 Å². The summed E-state index contributed by atoms with van der Waals surface area (Å²) in [5, 5.41) is 2.49. The van der Waals surface area contributed by atoms with Gasteiger partial charge in [0.25, 0.3) is 0 Å². The van der Waals surface area contributed by atoms with Crippen LogP contribution in [0.1, 0.15) is 0 Å². The molecular formula is C52H37N. The van der Waals surface area contributed by atoms with E-state index in [4.69, 9.17) is 0 Å². The molecule has 0 bridgehead atoms. The Labute approximate surface area is 311 Å². The topological polar surface area (TPSA) is 3.24 Å². The van der Waals surface area contributed by atoms with Crippen molar-refractivity contribution in [3.05, 3.63) is 224 Å². The second kappa shape index (κ2) is 14.3. The summed E-state index contributed by atoms with van der Waals surface area (Å²) in [6.07, 6.45) is 0. The Kier molecular flexibility index (Phi) is 8.66. The van der Waals surface area contributed by atoms with E-state index >= 15 is 0 Å². The number of nitrogens with zero attached hydrogens (tertiary/aromatic N) is 1. The summed E-state index contributed by atoms with van der Waals surface area (Å²) >= 11 is 0. The second-order valence-electron chi connectivity index (χ2n) is 13.4. The molecule has 250 valence electrons. The van der Waals surface area contributed by atoms with Crippen LogP contribution in [-0.2, 0) is 0 Å². The lowest BCUT2D eigenvalue weighted by molar-refractivity contribution is 1.28. The first kappa shape index (κ1) is 32.0. The van der Waals surface area contributed by atoms with Crippen LogP contribution in [0.3, 0.4) is 0 Å². The third kappa shape index (κ3) is 6.65. The molecule has 9 aromatic rings. The van der Waals surface area contributed by atoms with Crippen molar-refractivity contribution < 1.29 is 0 Å². The molecule has 1 heteroatoms. The molecule has 1 nitrogen and oxygen atoms in total. The maximum absolute atomic E-state index is 2.36. The van der Waals surface area contributed by atoms with Crippen molar-refractivity contribution in [3.8, 4) is 55.6 Å². The van der Waals surface area contributed by atoms with Gasteiger partial charge >= 0.3 is 0 Å². The minimum absolute atomic E-state index is 1.10. The van der Waals surface area contributed by atoms with Gasteiger partial charge in [0, 0.05) is 17.1 Å². The Morgan fingerprint density at radius 1 is 0.208 bits per heavy atom. The van der Waals surface area contributed by atoms with Crippen molar-refractivity contribution in [2.45, 2.75) is 0 Å². The zero-order valence-electron chi connectivity index (χ0n) is 29.3. The van der Waals surface area contributed by atoms with Crippen LogP contribution >= 0.6 is 0 Å². The highest BCUT2D eigenvalue weighted by Gasteiger charge is 2.16. The molecule has 0 atom stereocenters. The van der Waals surface area contributed by atoms with Gasteiger partial charge in [-0.3, -0.25) is 0 Å². The number of rotatable bonds is 8. The van der Waals surface area contributed by atoms with Crippen LogP contribution in [0.5, 0.6) is 0 Å². The molecule has 0 heterocycles. The molecule has 0 saturated heterocycles. The fourth-order valence-electron chi connectivity index (χ4n) is 7.33. The highest BCUT2D eigenvalue weighted by Crippen LogP contribution is 2.40. The van der Waals surface area contributed by atoms with Crippen LogP contribution in [0.15, 0.2) is 224 Å². The Balaban J connectivity index is 1.11. The fraction of sp³-hybridized carbons (Fsp3) is 0. The zero-order chi connectivity index (χ0) is 35.4. The maximum Gasteiger partial charge on any atom is 0.0467 e. The molecule has 9 aromatic carbocycles. The zero-order valence-corrected chi connectivity index (χ0v) is 29.3. The number of benzene rings is 9. The molecule has 0 aromatic heterocycles. The largest absolute Gasteiger partial charge is 0.310 e. The van der Waals surface area contributed by atoms with Gasteiger partial charge in [-0.25, -0.2) is 0 Å². The molecule has 0 radical (unpaired) electrons. The Hall–Kier alpha value is -6.96. The third-order valence-electron chi connectivity index (χ3n) is 10.1. The number of hydrogen-bond acceptors (Lipinski definition) is 1. The van der Waals surface area contributed by atoms with E-state index in [1.165, 1.54) is 66.4 Å². The van der Waals surface area contributed by atoms with Gasteiger partial charge in [-0.05, 0) is 115 Å². The molecule has 0 aliphatic carbocycles. The van der Waals surface area contributed by atoms with Gasteiger partial charge < -0.3 is 4.90 Å². The lowest BCUT2D eigenvalue weighted by Gasteiger charge is -2.26. The van der Waals surface area contributed by atoms with Crippen LogP contribution in [-0.4, -0.2) is 0 Å². The van der Waals surface area contributed by atoms with Crippen molar-refractivity contribution in [2.75, 3.05) is 4.90 Å². The van der Waals surface area contributed by atoms with E-state index < -0.39 is 0 Å². The summed E-state index contributed by atoms with van der Waals surface area (Å²) < 4.78 is 0. The van der Waals surface area contributed by atoms with Gasteiger partial charge in [0.1, 0.15) is 0 Å². The highest BCUT2D eigenvalue weighted by molar-refractivity contribution is 5.90. The van der Waals surface area contributed by atoms with Gasteiger partial charge in [-0.15, -0.1) is 0 Å². The van der Waals surface area contributed by atoms with Gasteiger partial charge in [-0.1, -0.05) is 176 Å². The predicted octanol–water partition coefficient (Wildman–Crippen LogP) is 14.6. The van der Waals surface area contributed by atoms with Crippen LogP contribution < -0.4 is 4.90 Å². The molecule has 0 fully saturated rings. The van der Waals surface area contributed by atoms with E-state index in [0.717, 1.165) is 17.1 Å². The van der Waals surface area contributed by atoms with Gasteiger partial charge in [-0.2, -0.15) is 0 Å². The average molecular weight is 676 g/mol. The normalized spacial score (nSPS) is 11.0. The van der Waals surface area contributed by atoms with Crippen molar-refractivity contribution in [3.63, 3.8) is 0 Å². The first-order valence-electron chi connectivity index (χ1n) is 18.2. The molecule has 0 unspecified atom stereocenters. The summed E-state index contributed by atoms with van der Waals surface area (Å²) in [4.78, 5) is 2.36. The van der Waals surface area contributed by atoms with E-state index in [2.05, 4.69) is 229 Å². The lowest BCUT2D eigenvalue weighted by atomic mass is 9.91. The van der Waals surface area contributed by atoms with E-state index in [0.29, 0.717) is 0 Å². The van der Waals surface area contributed by atoms with Gasteiger partial charge in [0.2, 0.25) is 0 Å². The molecule has 0 saturated carbocycles. The monoisotopic (exact) mass is 675 g/mol. The van der Waals surface area contributed by atoms with Crippen molar-refractivity contribution in [1.82, 2.24) is 0 Å². The molecule has 0 aliphatic heterocycles. The van der Waals surface area contributed by atoms with Gasteiger partial charge in [0.15, 0.2) is 0 Å². The number of anilines is 3. The van der Waals surface area contributed by atoms with E-state index in [-0.39, 0.29) is 0 Å². The van der Waals surface area contributed by atoms with Crippen LogP contribution in [0, 0.1) is 0 Å². The standard InChI is InChI=1S/C52H37N/c1-4-13-38(14-5-1)40-25-30-48(31-26-40)53(50-22-12-21-45(36-50)46-24-23-39-15-10-11-20-44(39)35-46)49-32-27-41(28-33-49)47-29-34-51(42-16-6-2-7-17-42)52(37-47)43-18-8-3-9-19-43/h1-37H. The maximum atomic E-state index is 2.36. The summed E-state index contributed by atoms with van der Waals surface area (Å²) in [6.45, 7) is 0. The molecule has 0 spiro atoms. The fourth-order valence-corrected chi connectivity index (χ4v) is 7.33. The quantitative estimate of drug-likeness (QED) is 0.155. The Morgan fingerprint density at radius 3 is 1.28 bits per heavy atom. The lowest BCUT2D eigenvalue weighted by Crippen LogP contribution is -2.10. The van der Waals surface area contributed by atoms with Crippen molar-refractivity contribution in [1.29, 1.82) is 0 Å². The predicted molar refractivity (Wildman–Crippen MR) is 226 cm³/mol. The van der Waals surface area contributed by atoms with Crippen LogP contribution in [0.25, 0.3) is 66.4 Å². The summed E-state index contributed by atoms with van der Waals surface area (Å²) in [5.74, 6) is 0. The molecule has 9 rings (SSSR count). The minimum atomic E-state index is 1.10. The Bertz CT molecular complexity index is 2630. The van der Waals surface area contributed by atoms with Crippen LogP contribution in [0.4, 0.5) is 17.1 Å². The number of hydrogen-bond donors (Lipinski definition) is 0. The molecule has 53 heavy (non-hydrogen) atoms. The first-order valence-corrected chi connectivity index (χ1v) is 18.2. The third-order valence-corrected chi connectivity index (χ3v) is 10.1. The van der Waals surface area contributed by atoms with E-state index in [9.17, 15) is 0 Å². The number of fused-ring (bicyclic) bond motifs is 1. The van der Waals surface area contributed by atoms with Crippen molar-refractivity contribution >= 4 is 27.8 Å². The molecular weight excluding hydrogens is 639 g/mol. The van der Waals surface area contributed by atoms with E-state index in [1.54, 1.807) is 0 Å². The van der Waals surface area contributed by atoms with E-state index in [1.807, 2.05) is 0 Å².